The van der Waals surface area contributed by atoms with Gasteiger partial charge in [-0.3, -0.25) is 25.4 Å². The van der Waals surface area contributed by atoms with E-state index >= 15 is 0 Å². The SMILES string of the molecule is COc1ccc(Cl)cc1C(=O)NNC(=O)COC(=O)c1c2c(nc3ccccc13)CCC2. The standard InChI is InChI=1S/C23H20ClN3O5/c1-31-19-10-9-13(24)11-16(19)22(29)27-26-20(28)12-32-23(30)21-14-5-2-3-7-17(14)25-18-8-4-6-15(18)21/h2-3,5,7,9-11H,4,6,8,12H2,1H3,(H,26,28)(H,27,29). The number of rotatable bonds is 5. The van der Waals surface area contributed by atoms with Crippen molar-refractivity contribution in [2.75, 3.05) is 13.7 Å². The molecule has 1 aromatic heterocycles. The number of hydrogen-bond acceptors (Lipinski definition) is 6. The number of esters is 1. The summed E-state index contributed by atoms with van der Waals surface area (Å²) >= 11 is 5.92. The number of carbonyl (C=O) groups is 3. The quantitative estimate of drug-likeness (QED) is 0.454. The predicted molar refractivity (Wildman–Crippen MR) is 118 cm³/mol. The van der Waals surface area contributed by atoms with E-state index in [1.165, 1.54) is 13.2 Å². The van der Waals surface area contributed by atoms with Gasteiger partial charge in [-0.25, -0.2) is 4.79 Å². The second kappa shape index (κ2) is 9.23. The minimum Gasteiger partial charge on any atom is -0.496 e. The van der Waals surface area contributed by atoms with Crippen LogP contribution in [0.5, 0.6) is 5.75 Å². The van der Waals surface area contributed by atoms with Crippen LogP contribution in [0.15, 0.2) is 42.5 Å². The van der Waals surface area contributed by atoms with E-state index in [1.807, 2.05) is 24.3 Å². The Kier molecular flexibility index (Phi) is 6.23. The molecule has 2 aromatic carbocycles. The third kappa shape index (κ3) is 4.36. The van der Waals surface area contributed by atoms with Crippen molar-refractivity contribution >= 4 is 40.3 Å². The first kappa shape index (κ1) is 21.6. The van der Waals surface area contributed by atoms with Gasteiger partial charge in [0, 0.05) is 16.1 Å². The fourth-order valence-corrected chi connectivity index (χ4v) is 3.91. The number of hydrazine groups is 1. The van der Waals surface area contributed by atoms with Crippen LogP contribution in [0.2, 0.25) is 5.02 Å². The van der Waals surface area contributed by atoms with Gasteiger partial charge in [-0.2, -0.15) is 0 Å². The molecular weight excluding hydrogens is 434 g/mol. The van der Waals surface area contributed by atoms with Crippen LogP contribution in [0, 0.1) is 0 Å². The van der Waals surface area contributed by atoms with Crippen molar-refractivity contribution in [2.45, 2.75) is 19.3 Å². The Labute approximate surface area is 188 Å². The summed E-state index contributed by atoms with van der Waals surface area (Å²) in [7, 11) is 1.41. The lowest BCUT2D eigenvalue weighted by Crippen LogP contribution is -2.43. The molecule has 32 heavy (non-hydrogen) atoms. The highest BCUT2D eigenvalue weighted by Crippen LogP contribution is 2.30. The summed E-state index contributed by atoms with van der Waals surface area (Å²) in [6.45, 7) is -0.558. The van der Waals surface area contributed by atoms with Gasteiger partial charge in [0.15, 0.2) is 6.61 Å². The second-order valence-electron chi connectivity index (χ2n) is 7.21. The van der Waals surface area contributed by atoms with Crippen LogP contribution >= 0.6 is 11.6 Å². The second-order valence-corrected chi connectivity index (χ2v) is 7.64. The average molecular weight is 454 g/mol. The van der Waals surface area contributed by atoms with Crippen molar-refractivity contribution in [1.82, 2.24) is 15.8 Å². The molecule has 9 heteroatoms. The Hall–Kier alpha value is -3.65. The van der Waals surface area contributed by atoms with Gasteiger partial charge >= 0.3 is 5.97 Å². The molecule has 8 nitrogen and oxygen atoms in total. The van der Waals surface area contributed by atoms with Crippen LogP contribution in [-0.4, -0.2) is 36.5 Å². The number of pyridine rings is 1. The third-order valence-corrected chi connectivity index (χ3v) is 5.41. The highest BCUT2D eigenvalue weighted by molar-refractivity contribution is 6.31. The zero-order chi connectivity index (χ0) is 22.7. The zero-order valence-electron chi connectivity index (χ0n) is 17.2. The molecule has 0 saturated heterocycles. The van der Waals surface area contributed by atoms with Crippen LogP contribution < -0.4 is 15.6 Å². The number of hydrogen-bond donors (Lipinski definition) is 2. The number of nitrogens with zero attached hydrogens (tertiary/aromatic N) is 1. The number of fused-ring (bicyclic) bond motifs is 2. The van der Waals surface area contributed by atoms with Gasteiger partial charge in [-0.05, 0) is 49.1 Å². The maximum absolute atomic E-state index is 12.9. The summed E-state index contributed by atoms with van der Waals surface area (Å²) in [4.78, 5) is 42.0. The lowest BCUT2D eigenvalue weighted by Gasteiger charge is -2.13. The summed E-state index contributed by atoms with van der Waals surface area (Å²) in [6, 6.07) is 11.9. The van der Waals surface area contributed by atoms with Crippen LogP contribution in [0.1, 0.15) is 38.4 Å². The van der Waals surface area contributed by atoms with E-state index in [1.54, 1.807) is 12.1 Å². The largest absolute Gasteiger partial charge is 0.496 e. The summed E-state index contributed by atoms with van der Waals surface area (Å²) in [5, 5.41) is 1.04. The number of nitrogens with one attached hydrogen (secondary N) is 2. The first-order valence-corrected chi connectivity index (χ1v) is 10.4. The molecule has 0 spiro atoms. The molecule has 3 aromatic rings. The number of methoxy groups -OCH3 is 1. The molecule has 0 unspecified atom stereocenters. The number of carbonyl (C=O) groups excluding carboxylic acids is 3. The number of amides is 2. The first-order chi connectivity index (χ1) is 15.5. The zero-order valence-corrected chi connectivity index (χ0v) is 18.0. The number of benzene rings is 2. The van der Waals surface area contributed by atoms with Crippen LogP contribution in [0.25, 0.3) is 10.9 Å². The predicted octanol–water partition coefficient (Wildman–Crippen LogP) is 3.00. The molecular formula is C23H20ClN3O5. The molecule has 0 atom stereocenters. The van der Waals surface area contributed by atoms with Crippen LogP contribution in [-0.2, 0) is 22.4 Å². The minimum absolute atomic E-state index is 0.149. The van der Waals surface area contributed by atoms with Crippen LogP contribution in [0.3, 0.4) is 0 Å². The first-order valence-electron chi connectivity index (χ1n) is 9.98. The highest BCUT2D eigenvalue weighted by atomic mass is 35.5. The van der Waals surface area contributed by atoms with E-state index in [-0.39, 0.29) is 5.56 Å². The van der Waals surface area contributed by atoms with Crippen molar-refractivity contribution in [2.24, 2.45) is 0 Å². The van der Waals surface area contributed by atoms with Crippen molar-refractivity contribution in [3.05, 3.63) is 69.9 Å². The molecule has 1 aliphatic rings. The lowest BCUT2D eigenvalue weighted by molar-refractivity contribution is -0.125. The van der Waals surface area contributed by atoms with Gasteiger partial charge in [0.2, 0.25) is 0 Å². The number of aryl methyl sites for hydroxylation is 1. The maximum Gasteiger partial charge on any atom is 0.339 e. The topological polar surface area (TPSA) is 107 Å². The summed E-state index contributed by atoms with van der Waals surface area (Å²) < 4.78 is 10.4. The summed E-state index contributed by atoms with van der Waals surface area (Å²) in [6.07, 6.45) is 2.46. The Balaban J connectivity index is 1.41. The van der Waals surface area contributed by atoms with Crippen molar-refractivity contribution in [1.29, 1.82) is 0 Å². The van der Waals surface area contributed by atoms with E-state index in [0.29, 0.717) is 27.2 Å². The van der Waals surface area contributed by atoms with Gasteiger partial charge in [0.1, 0.15) is 5.75 Å². The molecule has 164 valence electrons. The third-order valence-electron chi connectivity index (χ3n) is 5.18. The number of para-hydroxylation sites is 1. The molecule has 1 heterocycles. The van der Waals surface area contributed by atoms with Gasteiger partial charge in [0.25, 0.3) is 11.8 Å². The van der Waals surface area contributed by atoms with E-state index in [0.717, 1.165) is 30.5 Å². The monoisotopic (exact) mass is 453 g/mol. The molecule has 4 rings (SSSR count). The van der Waals surface area contributed by atoms with E-state index < -0.39 is 24.4 Å². The number of ether oxygens (including phenoxy) is 2. The fourth-order valence-electron chi connectivity index (χ4n) is 3.73. The molecule has 0 saturated carbocycles. The minimum atomic E-state index is -0.692. The van der Waals surface area contributed by atoms with Crippen molar-refractivity contribution < 1.29 is 23.9 Å². The Morgan fingerprint density at radius 2 is 1.91 bits per heavy atom. The van der Waals surface area contributed by atoms with Gasteiger partial charge in [-0.15, -0.1) is 0 Å². The van der Waals surface area contributed by atoms with E-state index in [2.05, 4.69) is 15.8 Å². The van der Waals surface area contributed by atoms with E-state index in [9.17, 15) is 14.4 Å². The van der Waals surface area contributed by atoms with Gasteiger partial charge in [0.05, 0.1) is 23.8 Å². The molecule has 0 radical (unpaired) electrons. The van der Waals surface area contributed by atoms with Crippen molar-refractivity contribution in [3.63, 3.8) is 0 Å². The normalized spacial score (nSPS) is 12.2. The lowest BCUT2D eigenvalue weighted by atomic mass is 10.0. The van der Waals surface area contributed by atoms with Crippen LogP contribution in [0.4, 0.5) is 0 Å². The fraction of sp³-hybridized carbons (Fsp3) is 0.217. The number of halogens is 1. The molecule has 2 N–H and O–H groups in total. The smallest absolute Gasteiger partial charge is 0.339 e. The molecule has 0 fully saturated rings. The molecule has 1 aliphatic carbocycles. The Bertz CT molecular complexity index is 1230. The van der Waals surface area contributed by atoms with E-state index in [4.69, 9.17) is 21.1 Å². The summed E-state index contributed by atoms with van der Waals surface area (Å²) in [5.41, 5.74) is 7.55. The summed E-state index contributed by atoms with van der Waals surface area (Å²) in [5.74, 6) is -1.62. The number of aromatic nitrogens is 1. The van der Waals surface area contributed by atoms with Gasteiger partial charge < -0.3 is 9.47 Å². The average Bonchev–Trinajstić information content (AvgIpc) is 3.27. The molecule has 2 amide bonds. The highest BCUT2D eigenvalue weighted by Gasteiger charge is 2.25. The van der Waals surface area contributed by atoms with Crippen molar-refractivity contribution in [3.8, 4) is 5.75 Å². The Morgan fingerprint density at radius 3 is 2.72 bits per heavy atom. The molecule has 0 bridgehead atoms. The maximum atomic E-state index is 12.9. The molecule has 0 aliphatic heterocycles. The Morgan fingerprint density at radius 1 is 1.09 bits per heavy atom. The van der Waals surface area contributed by atoms with Gasteiger partial charge in [-0.1, -0.05) is 29.8 Å².